The monoisotopic (exact) mass is 792 g/mol. The van der Waals surface area contributed by atoms with Crippen LogP contribution in [0.1, 0.15) is 162 Å². The molecule has 1 amide bonds. The van der Waals surface area contributed by atoms with Gasteiger partial charge in [0.25, 0.3) is 0 Å². The number of carbonyl (C=O) groups excluding carboxylic acids is 1. The van der Waals surface area contributed by atoms with Gasteiger partial charge in [-0.25, -0.2) is 4.57 Å². The van der Waals surface area contributed by atoms with Crippen molar-refractivity contribution in [2.24, 2.45) is 0 Å². The Hall–Kier alpha value is -2.06. The lowest BCUT2D eigenvalue weighted by molar-refractivity contribution is -0.870. The molecule has 3 unspecified atom stereocenters. The normalized spacial score (nSPS) is 15.1. The van der Waals surface area contributed by atoms with Crippen molar-refractivity contribution in [2.75, 3.05) is 40.9 Å². The van der Waals surface area contributed by atoms with Crippen LogP contribution in [0.4, 0.5) is 0 Å². The molecule has 0 bridgehead atoms. The Bertz CT molecular complexity index is 1120. The second-order valence-corrected chi connectivity index (χ2v) is 17.1. The lowest BCUT2D eigenvalue weighted by Crippen LogP contribution is -2.45. The minimum Gasteiger partial charge on any atom is -0.387 e. The van der Waals surface area contributed by atoms with Gasteiger partial charge in [0.15, 0.2) is 0 Å². The summed E-state index contributed by atoms with van der Waals surface area (Å²) in [4.78, 5) is 23.1. The number of allylic oxidation sites excluding steroid dienone is 11. The van der Waals surface area contributed by atoms with E-state index in [1.165, 1.54) is 77.0 Å². The Kier molecular flexibility index (Phi) is 36.1. The highest BCUT2D eigenvalue weighted by molar-refractivity contribution is 7.47. The molecule has 0 heterocycles. The van der Waals surface area contributed by atoms with Crippen molar-refractivity contribution < 1.29 is 32.9 Å². The number of unbranched alkanes of at least 4 members (excludes halogenated alkanes) is 15. The average Bonchev–Trinajstić information content (AvgIpc) is 3.13. The van der Waals surface area contributed by atoms with E-state index in [0.717, 1.165) is 64.2 Å². The number of rotatable bonds is 38. The molecule has 0 aromatic rings. The SMILES string of the molecule is CC/C=C\C/C=C\C/C=C\C/C=C\CCCCCCCCCCCCC(=O)NC(COP(=O)(O)OCC[N+](C)(C)C)C(O)/C=C/CC/C=C/CCCCCC. The van der Waals surface area contributed by atoms with E-state index in [1.54, 1.807) is 6.08 Å². The van der Waals surface area contributed by atoms with Crippen LogP contribution in [0.25, 0.3) is 0 Å². The average molecular weight is 792 g/mol. The van der Waals surface area contributed by atoms with Crippen LogP contribution >= 0.6 is 7.82 Å². The molecule has 0 rings (SSSR count). The van der Waals surface area contributed by atoms with Gasteiger partial charge < -0.3 is 19.8 Å². The van der Waals surface area contributed by atoms with Gasteiger partial charge in [0.2, 0.25) is 5.91 Å². The topological polar surface area (TPSA) is 105 Å². The highest BCUT2D eigenvalue weighted by atomic mass is 31.2. The number of likely N-dealkylation sites (N-methyl/N-ethyl adjacent to an activating group) is 1. The number of amides is 1. The Morgan fingerprint density at radius 3 is 1.67 bits per heavy atom. The van der Waals surface area contributed by atoms with Gasteiger partial charge in [0, 0.05) is 6.42 Å². The molecular weight excluding hydrogens is 707 g/mol. The Labute approximate surface area is 338 Å². The van der Waals surface area contributed by atoms with Gasteiger partial charge in [-0.05, 0) is 70.6 Å². The second kappa shape index (κ2) is 37.5. The number of carbonyl (C=O) groups is 1. The maximum absolute atomic E-state index is 12.8. The van der Waals surface area contributed by atoms with Crippen molar-refractivity contribution in [2.45, 2.75) is 174 Å². The predicted molar refractivity (Wildman–Crippen MR) is 235 cm³/mol. The summed E-state index contributed by atoms with van der Waals surface area (Å²) in [6.07, 6.45) is 49.8. The van der Waals surface area contributed by atoms with Gasteiger partial charge in [0.05, 0.1) is 39.9 Å². The van der Waals surface area contributed by atoms with Gasteiger partial charge in [-0.1, -0.05) is 157 Å². The van der Waals surface area contributed by atoms with Crippen molar-refractivity contribution in [1.29, 1.82) is 0 Å². The summed E-state index contributed by atoms with van der Waals surface area (Å²) >= 11 is 0. The van der Waals surface area contributed by atoms with E-state index in [4.69, 9.17) is 9.05 Å². The Balaban J connectivity index is 4.32. The van der Waals surface area contributed by atoms with Crippen LogP contribution in [0, 0.1) is 0 Å². The molecular formula is C46H84N2O6P+. The van der Waals surface area contributed by atoms with Crippen LogP contribution in [0.5, 0.6) is 0 Å². The van der Waals surface area contributed by atoms with Crippen molar-refractivity contribution in [3.05, 3.63) is 72.9 Å². The molecule has 9 heteroatoms. The van der Waals surface area contributed by atoms with Crippen LogP contribution in [0.2, 0.25) is 0 Å². The molecule has 3 atom stereocenters. The van der Waals surface area contributed by atoms with E-state index in [2.05, 4.69) is 79.9 Å². The van der Waals surface area contributed by atoms with E-state index in [0.29, 0.717) is 17.4 Å². The highest BCUT2D eigenvalue weighted by Gasteiger charge is 2.27. The third-order valence-electron chi connectivity index (χ3n) is 9.16. The van der Waals surface area contributed by atoms with Gasteiger partial charge in [-0.3, -0.25) is 13.8 Å². The number of nitrogens with one attached hydrogen (secondary N) is 1. The summed E-state index contributed by atoms with van der Waals surface area (Å²) in [6, 6.07) is -0.866. The molecule has 0 aromatic carbocycles. The van der Waals surface area contributed by atoms with Crippen molar-refractivity contribution in [1.82, 2.24) is 5.32 Å². The van der Waals surface area contributed by atoms with Gasteiger partial charge in [-0.2, -0.15) is 0 Å². The standard InChI is InChI=1S/C46H83N2O6P/c1-6-8-10-12-14-16-18-19-20-21-22-23-24-25-26-27-28-29-30-32-34-36-38-40-46(50)47-44(43-54-55(51,52)53-42-41-48(3,4)5)45(49)39-37-35-33-31-17-15-13-11-9-7-2/h8,10,14,16-17,19-20,22-23,31,37,39,44-45,49H,6-7,9,11-13,15,18,21,24-30,32-36,38,40-43H2,1-5H3,(H-,47,50,51,52)/p+1/b10-8-,16-14-,20-19-,23-22-,31-17+,39-37+. The van der Waals surface area contributed by atoms with Gasteiger partial charge in [0.1, 0.15) is 13.2 Å². The summed E-state index contributed by atoms with van der Waals surface area (Å²) in [5, 5.41) is 13.7. The fourth-order valence-electron chi connectivity index (χ4n) is 5.69. The number of phosphoric ester groups is 1. The first-order valence-corrected chi connectivity index (χ1v) is 23.3. The van der Waals surface area contributed by atoms with E-state index < -0.39 is 20.0 Å². The van der Waals surface area contributed by atoms with Gasteiger partial charge >= 0.3 is 7.82 Å². The fourth-order valence-corrected chi connectivity index (χ4v) is 6.43. The minimum absolute atomic E-state index is 0.0517. The number of hydrogen-bond acceptors (Lipinski definition) is 5. The quantitative estimate of drug-likeness (QED) is 0.0249. The number of aliphatic hydroxyl groups is 1. The first-order chi connectivity index (χ1) is 26.5. The largest absolute Gasteiger partial charge is 0.472 e. The van der Waals surface area contributed by atoms with E-state index in [-0.39, 0.29) is 19.1 Å². The molecule has 55 heavy (non-hydrogen) atoms. The zero-order valence-electron chi connectivity index (χ0n) is 35.9. The number of aliphatic hydroxyl groups excluding tert-OH is 1. The number of phosphoric acid groups is 1. The molecule has 0 saturated carbocycles. The van der Waals surface area contributed by atoms with Crippen molar-refractivity contribution in [3.8, 4) is 0 Å². The minimum atomic E-state index is -4.34. The van der Waals surface area contributed by atoms with Crippen LogP contribution in [0.15, 0.2) is 72.9 Å². The molecule has 0 aliphatic carbocycles. The summed E-state index contributed by atoms with van der Waals surface area (Å²) in [7, 11) is 1.54. The van der Waals surface area contributed by atoms with Crippen LogP contribution in [0.3, 0.4) is 0 Å². The lowest BCUT2D eigenvalue weighted by Gasteiger charge is -2.25. The predicted octanol–water partition coefficient (Wildman–Crippen LogP) is 12.0. The smallest absolute Gasteiger partial charge is 0.387 e. The summed E-state index contributed by atoms with van der Waals surface area (Å²) in [5.41, 5.74) is 0. The van der Waals surface area contributed by atoms with Crippen molar-refractivity contribution >= 4 is 13.7 Å². The van der Waals surface area contributed by atoms with Crippen LogP contribution in [-0.4, -0.2) is 73.4 Å². The molecule has 3 N–H and O–H groups in total. The van der Waals surface area contributed by atoms with Crippen LogP contribution in [-0.2, 0) is 18.4 Å². The van der Waals surface area contributed by atoms with Crippen LogP contribution < -0.4 is 5.32 Å². The Morgan fingerprint density at radius 1 is 0.636 bits per heavy atom. The third-order valence-corrected chi connectivity index (χ3v) is 10.1. The van der Waals surface area contributed by atoms with Gasteiger partial charge in [-0.15, -0.1) is 0 Å². The molecule has 0 aliphatic heterocycles. The summed E-state index contributed by atoms with van der Waals surface area (Å²) < 4.78 is 23.5. The number of nitrogens with zero attached hydrogens (tertiary/aromatic N) is 1. The molecule has 0 radical (unpaired) electrons. The van der Waals surface area contributed by atoms with E-state index in [1.807, 2.05) is 27.2 Å². The maximum atomic E-state index is 12.8. The molecule has 318 valence electrons. The molecule has 0 spiro atoms. The first-order valence-electron chi connectivity index (χ1n) is 21.8. The number of quaternary nitrogens is 1. The highest BCUT2D eigenvalue weighted by Crippen LogP contribution is 2.43. The number of hydrogen-bond donors (Lipinski definition) is 3. The fraction of sp³-hybridized carbons (Fsp3) is 0.717. The lowest BCUT2D eigenvalue weighted by atomic mass is 10.0. The Morgan fingerprint density at radius 2 is 1.11 bits per heavy atom. The third kappa shape index (κ3) is 40.0. The molecule has 0 aliphatic rings. The zero-order valence-corrected chi connectivity index (χ0v) is 36.8. The summed E-state index contributed by atoms with van der Waals surface area (Å²) in [6.45, 7) is 4.61. The zero-order chi connectivity index (χ0) is 40.7. The summed E-state index contributed by atoms with van der Waals surface area (Å²) in [5.74, 6) is -0.198. The molecule has 0 saturated heterocycles. The van der Waals surface area contributed by atoms with Crippen molar-refractivity contribution in [3.63, 3.8) is 0 Å². The maximum Gasteiger partial charge on any atom is 0.472 e. The molecule has 0 fully saturated rings. The second-order valence-electron chi connectivity index (χ2n) is 15.7. The molecule has 0 aromatic heterocycles. The molecule has 8 nitrogen and oxygen atoms in total. The first kappa shape index (κ1) is 52.9. The van der Waals surface area contributed by atoms with E-state index in [9.17, 15) is 19.4 Å². The van der Waals surface area contributed by atoms with E-state index >= 15 is 0 Å².